The molecule has 1 unspecified atom stereocenters. The maximum Gasteiger partial charge on any atom is 0.295 e. The summed E-state index contributed by atoms with van der Waals surface area (Å²) >= 11 is 0. The second kappa shape index (κ2) is 10.5. The Labute approximate surface area is 189 Å². The quantitative estimate of drug-likeness (QED) is 0.267. The minimum Gasteiger partial charge on any atom is -0.507 e. The number of likely N-dealkylation sites (tertiary alicyclic amines) is 1. The molecule has 32 heavy (non-hydrogen) atoms. The van der Waals surface area contributed by atoms with E-state index >= 15 is 0 Å². The van der Waals surface area contributed by atoms with Gasteiger partial charge in [0, 0.05) is 25.3 Å². The van der Waals surface area contributed by atoms with Gasteiger partial charge in [-0.2, -0.15) is 0 Å². The van der Waals surface area contributed by atoms with E-state index < -0.39 is 17.7 Å². The molecule has 0 saturated carbocycles. The van der Waals surface area contributed by atoms with E-state index in [2.05, 4.69) is 13.8 Å². The lowest BCUT2D eigenvalue weighted by atomic mass is 9.93. The lowest BCUT2D eigenvalue weighted by Gasteiger charge is -2.25. The summed E-state index contributed by atoms with van der Waals surface area (Å²) in [5.41, 5.74) is 2.47. The van der Waals surface area contributed by atoms with Crippen molar-refractivity contribution in [2.75, 3.05) is 26.9 Å². The molecule has 0 radical (unpaired) electrons. The number of benzene rings is 2. The third-order valence-corrected chi connectivity index (χ3v) is 5.69. The third-order valence-electron chi connectivity index (χ3n) is 5.69. The average molecular weight is 438 g/mol. The van der Waals surface area contributed by atoms with Gasteiger partial charge in [-0.1, -0.05) is 50.2 Å². The summed E-state index contributed by atoms with van der Waals surface area (Å²) < 4.78 is 10.7. The molecule has 1 saturated heterocycles. The van der Waals surface area contributed by atoms with Crippen LogP contribution in [-0.4, -0.2) is 48.6 Å². The van der Waals surface area contributed by atoms with Crippen molar-refractivity contribution in [3.05, 3.63) is 70.8 Å². The van der Waals surface area contributed by atoms with Crippen LogP contribution in [0.25, 0.3) is 5.76 Å². The van der Waals surface area contributed by atoms with Crippen LogP contribution in [-0.2, 0) is 14.3 Å². The zero-order chi connectivity index (χ0) is 23.3. The molecule has 0 spiro atoms. The number of Topliss-reactive ketones (excluding diaryl/α,β-unsaturated/α-hetero) is 1. The lowest BCUT2D eigenvalue weighted by molar-refractivity contribution is -0.140. The molecule has 2 aromatic carbocycles. The summed E-state index contributed by atoms with van der Waals surface area (Å²) in [5, 5.41) is 11.1. The van der Waals surface area contributed by atoms with E-state index in [-0.39, 0.29) is 11.3 Å². The van der Waals surface area contributed by atoms with Crippen molar-refractivity contribution in [3.63, 3.8) is 0 Å². The van der Waals surface area contributed by atoms with E-state index in [9.17, 15) is 14.7 Å². The van der Waals surface area contributed by atoms with Gasteiger partial charge in [-0.05, 0) is 42.5 Å². The van der Waals surface area contributed by atoms with Crippen LogP contribution in [0.1, 0.15) is 55.8 Å². The largest absolute Gasteiger partial charge is 0.507 e. The molecule has 6 heteroatoms. The minimum atomic E-state index is -0.681. The number of methoxy groups -OCH3 is 1. The third kappa shape index (κ3) is 4.86. The SMILES string of the molecule is CCOCCCN1C(=O)C(=O)C(=C(O)c2cccc(OC)c2)C1c1ccc(C(C)C)cc1. The van der Waals surface area contributed by atoms with Crippen molar-refractivity contribution in [3.8, 4) is 5.75 Å². The maximum atomic E-state index is 13.1. The van der Waals surface area contributed by atoms with Gasteiger partial charge in [-0.3, -0.25) is 9.59 Å². The molecule has 170 valence electrons. The van der Waals surface area contributed by atoms with E-state index in [1.807, 2.05) is 31.2 Å². The predicted octanol–water partition coefficient (Wildman–Crippen LogP) is 4.67. The highest BCUT2D eigenvalue weighted by molar-refractivity contribution is 6.46. The first kappa shape index (κ1) is 23.5. The van der Waals surface area contributed by atoms with Crippen molar-refractivity contribution in [2.24, 2.45) is 0 Å². The van der Waals surface area contributed by atoms with Crippen LogP contribution in [0.2, 0.25) is 0 Å². The molecule has 0 aliphatic carbocycles. The topological polar surface area (TPSA) is 76.1 Å². The second-order valence-electron chi connectivity index (χ2n) is 8.10. The van der Waals surface area contributed by atoms with Gasteiger partial charge >= 0.3 is 0 Å². The highest BCUT2D eigenvalue weighted by Crippen LogP contribution is 2.40. The van der Waals surface area contributed by atoms with Gasteiger partial charge in [-0.15, -0.1) is 0 Å². The van der Waals surface area contributed by atoms with Crippen LogP contribution in [0, 0.1) is 0 Å². The van der Waals surface area contributed by atoms with E-state index in [0.717, 1.165) is 11.1 Å². The number of amides is 1. The molecule has 1 aliphatic heterocycles. The first-order valence-electron chi connectivity index (χ1n) is 11.0. The number of ether oxygens (including phenoxy) is 2. The fraction of sp³-hybridized carbons (Fsp3) is 0.385. The van der Waals surface area contributed by atoms with E-state index in [1.54, 1.807) is 24.3 Å². The maximum absolute atomic E-state index is 13.1. The summed E-state index contributed by atoms with van der Waals surface area (Å²) in [6.45, 7) is 7.57. The molecule has 1 N–H and O–H groups in total. The zero-order valence-electron chi connectivity index (χ0n) is 19.1. The number of hydrogen-bond donors (Lipinski definition) is 1. The number of aliphatic hydroxyl groups excluding tert-OH is 1. The van der Waals surface area contributed by atoms with Crippen molar-refractivity contribution in [1.29, 1.82) is 0 Å². The molecule has 1 amide bonds. The summed E-state index contributed by atoms with van der Waals surface area (Å²) in [5.74, 6) is -0.577. The first-order valence-corrected chi connectivity index (χ1v) is 11.0. The fourth-order valence-electron chi connectivity index (χ4n) is 3.93. The molecule has 3 rings (SSSR count). The number of rotatable bonds is 9. The number of nitrogens with zero attached hydrogens (tertiary/aromatic N) is 1. The molecule has 1 heterocycles. The number of aliphatic hydroxyl groups is 1. The smallest absolute Gasteiger partial charge is 0.295 e. The molecule has 0 aromatic heterocycles. The normalized spacial score (nSPS) is 17.9. The van der Waals surface area contributed by atoms with Crippen molar-refractivity contribution in [1.82, 2.24) is 4.90 Å². The Morgan fingerprint density at radius 2 is 1.84 bits per heavy atom. The van der Waals surface area contributed by atoms with Crippen LogP contribution >= 0.6 is 0 Å². The summed E-state index contributed by atoms with van der Waals surface area (Å²) in [7, 11) is 1.53. The van der Waals surface area contributed by atoms with Gasteiger partial charge in [0.05, 0.1) is 18.7 Å². The molecule has 1 fully saturated rings. The highest BCUT2D eigenvalue weighted by Gasteiger charge is 2.45. The van der Waals surface area contributed by atoms with E-state index in [4.69, 9.17) is 9.47 Å². The Balaban J connectivity index is 2.07. The molecule has 6 nitrogen and oxygen atoms in total. The fourth-order valence-corrected chi connectivity index (χ4v) is 3.93. The number of ketones is 1. The Kier molecular flexibility index (Phi) is 7.70. The molecular weight excluding hydrogens is 406 g/mol. The van der Waals surface area contributed by atoms with E-state index in [1.165, 1.54) is 12.0 Å². The Hall–Kier alpha value is -3.12. The second-order valence-corrected chi connectivity index (χ2v) is 8.10. The molecule has 1 aliphatic rings. The number of carbonyl (C=O) groups is 2. The Morgan fingerprint density at radius 3 is 2.47 bits per heavy atom. The van der Waals surface area contributed by atoms with E-state index in [0.29, 0.717) is 43.4 Å². The Morgan fingerprint density at radius 1 is 1.12 bits per heavy atom. The summed E-state index contributed by atoms with van der Waals surface area (Å²) in [4.78, 5) is 27.6. The van der Waals surface area contributed by atoms with Gasteiger partial charge in [0.25, 0.3) is 11.7 Å². The van der Waals surface area contributed by atoms with Crippen molar-refractivity contribution >= 4 is 17.4 Å². The van der Waals surface area contributed by atoms with Gasteiger partial charge in [0.2, 0.25) is 0 Å². The summed E-state index contributed by atoms with van der Waals surface area (Å²) in [6, 6.07) is 14.0. The van der Waals surface area contributed by atoms with Crippen LogP contribution in [0.5, 0.6) is 5.75 Å². The number of carbonyl (C=O) groups excluding carboxylic acids is 2. The molecule has 1 atom stereocenters. The van der Waals surface area contributed by atoms with Gasteiger partial charge in [0.15, 0.2) is 0 Å². The van der Waals surface area contributed by atoms with Gasteiger partial charge < -0.3 is 19.5 Å². The lowest BCUT2D eigenvalue weighted by Crippen LogP contribution is -2.31. The van der Waals surface area contributed by atoms with Crippen LogP contribution in [0.4, 0.5) is 0 Å². The molecule has 2 aromatic rings. The van der Waals surface area contributed by atoms with Crippen LogP contribution < -0.4 is 4.74 Å². The first-order chi connectivity index (χ1) is 15.4. The molecule has 0 bridgehead atoms. The molecular formula is C26H31NO5. The Bertz CT molecular complexity index is 994. The van der Waals surface area contributed by atoms with Crippen molar-refractivity contribution in [2.45, 2.75) is 39.2 Å². The number of hydrogen-bond acceptors (Lipinski definition) is 5. The summed E-state index contributed by atoms with van der Waals surface area (Å²) in [6.07, 6.45) is 0.598. The zero-order valence-corrected chi connectivity index (χ0v) is 19.1. The minimum absolute atomic E-state index is 0.0944. The monoisotopic (exact) mass is 437 g/mol. The van der Waals surface area contributed by atoms with Gasteiger partial charge in [0.1, 0.15) is 11.5 Å². The van der Waals surface area contributed by atoms with Crippen LogP contribution in [0.15, 0.2) is 54.1 Å². The standard InChI is InChI=1S/C26H31NO5/c1-5-32-15-7-14-27-23(19-12-10-18(11-13-19)17(2)3)22(25(29)26(27)30)24(28)20-8-6-9-21(16-20)31-4/h6,8-13,16-17,23,28H,5,7,14-15H2,1-4H3. The van der Waals surface area contributed by atoms with Gasteiger partial charge in [-0.25, -0.2) is 0 Å². The van der Waals surface area contributed by atoms with Crippen molar-refractivity contribution < 1.29 is 24.2 Å². The van der Waals surface area contributed by atoms with Crippen LogP contribution in [0.3, 0.4) is 0 Å². The average Bonchev–Trinajstić information content (AvgIpc) is 3.06. The predicted molar refractivity (Wildman–Crippen MR) is 124 cm³/mol. The highest BCUT2D eigenvalue weighted by atomic mass is 16.5.